The van der Waals surface area contributed by atoms with Gasteiger partial charge in [-0.25, -0.2) is 4.39 Å². The van der Waals surface area contributed by atoms with Gasteiger partial charge >= 0.3 is 0 Å². The summed E-state index contributed by atoms with van der Waals surface area (Å²) in [4.78, 5) is 27.7. The molecule has 2 aromatic carbocycles. The SMILES string of the molecule is CCCCCCCCCCCCCCCCN1C(=O)C(=O)/C(=C(/O)c2ccc(Cl)cc2)C1c1ccc(F)cc1. The third kappa shape index (κ3) is 9.20. The van der Waals surface area contributed by atoms with E-state index >= 15 is 0 Å². The van der Waals surface area contributed by atoms with Crippen LogP contribution in [0.4, 0.5) is 4.39 Å². The van der Waals surface area contributed by atoms with Gasteiger partial charge in [-0.2, -0.15) is 0 Å². The Morgan fingerprint density at radius 3 is 1.77 bits per heavy atom. The van der Waals surface area contributed by atoms with Gasteiger partial charge in [0.2, 0.25) is 0 Å². The maximum absolute atomic E-state index is 13.7. The Labute approximate surface area is 238 Å². The Morgan fingerprint density at radius 2 is 1.26 bits per heavy atom. The zero-order valence-corrected chi connectivity index (χ0v) is 24.0. The molecule has 212 valence electrons. The van der Waals surface area contributed by atoms with Crippen molar-refractivity contribution in [3.05, 3.63) is 76.1 Å². The lowest BCUT2D eigenvalue weighted by Crippen LogP contribution is -2.30. The van der Waals surface area contributed by atoms with Crippen LogP contribution in [-0.2, 0) is 9.59 Å². The number of unbranched alkanes of at least 4 members (excludes halogenated alkanes) is 13. The van der Waals surface area contributed by atoms with E-state index in [-0.39, 0.29) is 11.3 Å². The zero-order chi connectivity index (χ0) is 28.0. The molecule has 1 aliphatic rings. The molecule has 1 aliphatic heterocycles. The number of halogens is 2. The number of benzene rings is 2. The Balaban J connectivity index is 1.52. The van der Waals surface area contributed by atoms with Crippen molar-refractivity contribution in [3.8, 4) is 0 Å². The lowest BCUT2D eigenvalue weighted by Gasteiger charge is -2.25. The summed E-state index contributed by atoms with van der Waals surface area (Å²) in [5, 5.41) is 11.6. The molecule has 0 radical (unpaired) electrons. The number of carbonyl (C=O) groups excluding carboxylic acids is 2. The second-order valence-electron chi connectivity index (χ2n) is 10.6. The first-order chi connectivity index (χ1) is 18.9. The Bertz CT molecular complexity index is 1080. The summed E-state index contributed by atoms with van der Waals surface area (Å²) < 4.78 is 13.7. The van der Waals surface area contributed by atoms with Crippen molar-refractivity contribution in [3.63, 3.8) is 0 Å². The average molecular weight is 556 g/mol. The zero-order valence-electron chi connectivity index (χ0n) is 23.3. The van der Waals surface area contributed by atoms with Crippen molar-refractivity contribution < 1.29 is 19.1 Å². The number of likely N-dealkylation sites (tertiary alicyclic amines) is 1. The first-order valence-corrected chi connectivity index (χ1v) is 15.1. The summed E-state index contributed by atoms with van der Waals surface area (Å²) in [5.74, 6) is -2.00. The number of amides is 1. The molecular weight excluding hydrogens is 513 g/mol. The van der Waals surface area contributed by atoms with Crippen LogP contribution in [0.15, 0.2) is 54.1 Å². The van der Waals surface area contributed by atoms with E-state index in [0.29, 0.717) is 22.7 Å². The number of Topliss-reactive ketones (excluding diaryl/α,β-unsaturated/α-hetero) is 1. The fraction of sp³-hybridized carbons (Fsp3) is 0.515. The lowest BCUT2D eigenvalue weighted by atomic mass is 9.95. The van der Waals surface area contributed by atoms with Gasteiger partial charge in [0.15, 0.2) is 0 Å². The molecule has 1 saturated heterocycles. The Hall–Kier alpha value is -2.66. The fourth-order valence-corrected chi connectivity index (χ4v) is 5.47. The van der Waals surface area contributed by atoms with Gasteiger partial charge in [0.25, 0.3) is 11.7 Å². The summed E-state index contributed by atoms with van der Waals surface area (Å²) >= 11 is 5.98. The Kier molecular flexibility index (Phi) is 13.0. The van der Waals surface area contributed by atoms with E-state index in [9.17, 15) is 19.1 Å². The van der Waals surface area contributed by atoms with E-state index in [1.54, 1.807) is 36.4 Å². The molecule has 0 saturated carbocycles. The summed E-state index contributed by atoms with van der Waals surface area (Å²) in [6.45, 7) is 2.66. The van der Waals surface area contributed by atoms with Crippen LogP contribution in [0, 0.1) is 5.82 Å². The van der Waals surface area contributed by atoms with E-state index in [1.165, 1.54) is 87.7 Å². The van der Waals surface area contributed by atoms with E-state index in [2.05, 4.69) is 6.92 Å². The summed E-state index contributed by atoms with van der Waals surface area (Å²) in [6, 6.07) is 11.5. The van der Waals surface area contributed by atoms with Crippen molar-refractivity contribution in [2.24, 2.45) is 0 Å². The van der Waals surface area contributed by atoms with Crippen LogP contribution in [0.1, 0.15) is 114 Å². The molecule has 2 aromatic rings. The van der Waals surface area contributed by atoms with Crippen LogP contribution in [0.25, 0.3) is 5.76 Å². The fourth-order valence-electron chi connectivity index (χ4n) is 5.34. The minimum Gasteiger partial charge on any atom is -0.507 e. The van der Waals surface area contributed by atoms with Crippen molar-refractivity contribution in [2.45, 2.75) is 103 Å². The molecule has 0 bridgehead atoms. The molecule has 3 rings (SSSR count). The summed E-state index contributed by atoms with van der Waals surface area (Å²) in [5.41, 5.74) is 1.02. The topological polar surface area (TPSA) is 57.6 Å². The molecule has 1 fully saturated rings. The molecular formula is C33H43ClFNO3. The van der Waals surface area contributed by atoms with Gasteiger partial charge in [-0.3, -0.25) is 9.59 Å². The van der Waals surface area contributed by atoms with Crippen molar-refractivity contribution in [2.75, 3.05) is 6.54 Å². The number of nitrogens with zero attached hydrogens (tertiary/aromatic N) is 1. The summed E-state index contributed by atoms with van der Waals surface area (Å²) in [7, 11) is 0. The highest BCUT2D eigenvalue weighted by Gasteiger charge is 2.45. The van der Waals surface area contributed by atoms with Crippen molar-refractivity contribution >= 4 is 29.1 Å². The highest BCUT2D eigenvalue weighted by atomic mass is 35.5. The first kappa shape index (κ1) is 30.9. The molecule has 4 nitrogen and oxygen atoms in total. The number of aliphatic hydroxyl groups excluding tert-OH is 1. The Morgan fingerprint density at radius 1 is 0.769 bits per heavy atom. The second-order valence-corrected chi connectivity index (χ2v) is 11.1. The van der Waals surface area contributed by atoms with Crippen LogP contribution in [0.3, 0.4) is 0 Å². The maximum Gasteiger partial charge on any atom is 0.295 e. The molecule has 0 aliphatic carbocycles. The van der Waals surface area contributed by atoms with Gasteiger partial charge in [-0.1, -0.05) is 114 Å². The minimum atomic E-state index is -0.761. The molecule has 0 aromatic heterocycles. The quantitative estimate of drug-likeness (QED) is 0.0915. The second kappa shape index (κ2) is 16.4. The van der Waals surface area contributed by atoms with Gasteiger partial charge < -0.3 is 10.0 Å². The number of rotatable bonds is 17. The predicted molar refractivity (Wildman–Crippen MR) is 157 cm³/mol. The van der Waals surface area contributed by atoms with Crippen LogP contribution >= 0.6 is 11.6 Å². The van der Waals surface area contributed by atoms with Crippen LogP contribution < -0.4 is 0 Å². The number of carbonyl (C=O) groups is 2. The number of ketones is 1. The molecule has 0 spiro atoms. The highest BCUT2D eigenvalue weighted by molar-refractivity contribution is 6.46. The number of hydrogen-bond acceptors (Lipinski definition) is 3. The van der Waals surface area contributed by atoms with Gasteiger partial charge in [-0.15, -0.1) is 0 Å². The van der Waals surface area contributed by atoms with Crippen molar-refractivity contribution in [1.29, 1.82) is 0 Å². The standard InChI is InChI=1S/C33H43ClFNO3/c1-2-3-4-5-6-7-8-9-10-11-12-13-14-15-24-36-30(25-18-22-28(35)23-19-25)29(32(38)33(36)39)31(37)26-16-20-27(34)21-17-26/h16-23,30,37H,2-15,24H2,1H3/b31-29+. The van der Waals surface area contributed by atoms with Crippen molar-refractivity contribution in [1.82, 2.24) is 4.90 Å². The molecule has 1 heterocycles. The van der Waals surface area contributed by atoms with Gasteiger partial charge in [0.1, 0.15) is 11.6 Å². The normalized spacial score (nSPS) is 16.8. The average Bonchev–Trinajstić information content (AvgIpc) is 3.18. The predicted octanol–water partition coefficient (Wildman–Crippen LogP) is 9.38. The monoisotopic (exact) mass is 555 g/mol. The molecule has 1 unspecified atom stereocenters. The number of hydrogen-bond donors (Lipinski definition) is 1. The highest BCUT2D eigenvalue weighted by Crippen LogP contribution is 2.39. The van der Waals surface area contributed by atoms with E-state index in [0.717, 1.165) is 19.3 Å². The third-order valence-corrected chi connectivity index (χ3v) is 7.85. The van der Waals surface area contributed by atoms with Crippen LogP contribution in [0.2, 0.25) is 5.02 Å². The van der Waals surface area contributed by atoms with E-state index < -0.39 is 23.5 Å². The molecule has 39 heavy (non-hydrogen) atoms. The largest absolute Gasteiger partial charge is 0.507 e. The smallest absolute Gasteiger partial charge is 0.295 e. The minimum absolute atomic E-state index is 0.0271. The van der Waals surface area contributed by atoms with Gasteiger partial charge in [-0.05, 0) is 48.4 Å². The van der Waals surface area contributed by atoms with Gasteiger partial charge in [0, 0.05) is 17.1 Å². The van der Waals surface area contributed by atoms with Crippen LogP contribution in [0.5, 0.6) is 0 Å². The van der Waals surface area contributed by atoms with E-state index in [4.69, 9.17) is 11.6 Å². The number of aliphatic hydroxyl groups is 1. The molecule has 1 atom stereocenters. The molecule has 1 N–H and O–H groups in total. The molecule has 6 heteroatoms. The van der Waals surface area contributed by atoms with E-state index in [1.807, 2.05) is 0 Å². The van der Waals surface area contributed by atoms with Crippen LogP contribution in [-0.4, -0.2) is 28.2 Å². The van der Waals surface area contributed by atoms with Gasteiger partial charge in [0.05, 0.1) is 11.6 Å². The lowest BCUT2D eigenvalue weighted by molar-refractivity contribution is -0.139. The first-order valence-electron chi connectivity index (χ1n) is 14.7. The summed E-state index contributed by atoms with van der Waals surface area (Å²) in [6.07, 6.45) is 17.3. The maximum atomic E-state index is 13.7. The molecule has 1 amide bonds. The third-order valence-electron chi connectivity index (χ3n) is 7.60.